The van der Waals surface area contributed by atoms with Gasteiger partial charge in [-0.3, -0.25) is 0 Å². The first kappa shape index (κ1) is 9.52. The van der Waals surface area contributed by atoms with Crippen LogP contribution in [0.15, 0.2) is 18.2 Å². The molecule has 0 radical (unpaired) electrons. The quantitative estimate of drug-likeness (QED) is 0.534. The van der Waals surface area contributed by atoms with E-state index in [0.717, 1.165) is 16.1 Å². The molecule has 0 N–H and O–H groups in total. The summed E-state index contributed by atoms with van der Waals surface area (Å²) in [7, 11) is 1.49. The lowest BCUT2D eigenvalue weighted by Gasteiger charge is -2.04. The zero-order valence-electron chi connectivity index (χ0n) is 7.13. The van der Waals surface area contributed by atoms with Crippen molar-refractivity contribution in [1.82, 2.24) is 0 Å². The van der Waals surface area contributed by atoms with Gasteiger partial charge in [-0.1, -0.05) is 17.7 Å². The van der Waals surface area contributed by atoms with Crippen molar-refractivity contribution in [2.75, 3.05) is 7.11 Å². The van der Waals surface area contributed by atoms with Gasteiger partial charge in [0.1, 0.15) is 6.61 Å². The van der Waals surface area contributed by atoms with Gasteiger partial charge in [0, 0.05) is 5.02 Å². The van der Waals surface area contributed by atoms with Crippen LogP contribution < -0.4 is 0 Å². The number of rotatable bonds is 3. The summed E-state index contributed by atoms with van der Waals surface area (Å²) in [6.07, 6.45) is 0. The molecule has 0 unspecified atom stereocenters. The van der Waals surface area contributed by atoms with E-state index >= 15 is 0 Å². The molecule has 0 atom stereocenters. The summed E-state index contributed by atoms with van der Waals surface area (Å²) in [5, 5.41) is 0.718. The highest BCUT2D eigenvalue weighted by Crippen LogP contribution is 2.15. The van der Waals surface area contributed by atoms with Crippen LogP contribution in [0.2, 0.25) is 5.02 Å². The third-order valence-electron chi connectivity index (χ3n) is 1.64. The Bertz CT molecular complexity index is 261. The third kappa shape index (κ3) is 2.48. The monoisotopic (exact) mass is 186 g/mol. The van der Waals surface area contributed by atoms with E-state index in [4.69, 9.17) is 16.5 Å². The largest absolute Gasteiger partial charge is 0.240 e. The number of benzene rings is 1. The average molecular weight is 187 g/mol. The molecule has 0 saturated heterocycles. The lowest BCUT2D eigenvalue weighted by Crippen LogP contribution is -1.93. The number of hydrogen-bond donors (Lipinski definition) is 0. The smallest absolute Gasteiger partial charge is 0.108 e. The first-order valence-corrected chi connectivity index (χ1v) is 4.02. The minimum absolute atomic E-state index is 0.433. The van der Waals surface area contributed by atoms with Gasteiger partial charge in [-0.2, -0.15) is 0 Å². The van der Waals surface area contributed by atoms with Crippen molar-refractivity contribution in [2.24, 2.45) is 0 Å². The molecule has 0 aliphatic heterocycles. The third-order valence-corrected chi connectivity index (χ3v) is 1.88. The van der Waals surface area contributed by atoms with Crippen molar-refractivity contribution in [3.8, 4) is 0 Å². The fourth-order valence-electron chi connectivity index (χ4n) is 0.918. The Labute approximate surface area is 77.0 Å². The SMILES string of the molecule is COOCc1cc(Cl)ccc1C. The van der Waals surface area contributed by atoms with E-state index < -0.39 is 0 Å². The van der Waals surface area contributed by atoms with Crippen molar-refractivity contribution in [3.05, 3.63) is 34.3 Å². The summed E-state index contributed by atoms with van der Waals surface area (Å²) in [5.74, 6) is 0. The van der Waals surface area contributed by atoms with Gasteiger partial charge in [-0.25, -0.2) is 9.78 Å². The number of halogens is 1. The average Bonchev–Trinajstić information content (AvgIpc) is 2.07. The lowest BCUT2D eigenvalue weighted by molar-refractivity contribution is -0.282. The predicted octanol–water partition coefficient (Wildman–Crippen LogP) is 2.73. The molecule has 0 spiro atoms. The predicted molar refractivity (Wildman–Crippen MR) is 48.0 cm³/mol. The van der Waals surface area contributed by atoms with Gasteiger partial charge in [0.15, 0.2) is 0 Å². The van der Waals surface area contributed by atoms with Crippen LogP contribution in [0.25, 0.3) is 0 Å². The highest BCUT2D eigenvalue weighted by molar-refractivity contribution is 6.30. The molecule has 0 amide bonds. The van der Waals surface area contributed by atoms with Gasteiger partial charge in [-0.15, -0.1) is 0 Å². The summed E-state index contributed by atoms with van der Waals surface area (Å²) in [6, 6.07) is 5.68. The Hall–Kier alpha value is -0.570. The van der Waals surface area contributed by atoms with Gasteiger partial charge in [0.25, 0.3) is 0 Å². The normalized spacial score (nSPS) is 10.2. The van der Waals surface area contributed by atoms with Crippen LogP contribution >= 0.6 is 11.6 Å². The highest BCUT2D eigenvalue weighted by atomic mass is 35.5. The van der Waals surface area contributed by atoms with Gasteiger partial charge in [0.05, 0.1) is 7.11 Å². The van der Waals surface area contributed by atoms with E-state index in [1.807, 2.05) is 25.1 Å². The van der Waals surface area contributed by atoms with E-state index in [1.54, 1.807) is 0 Å². The summed E-state index contributed by atoms with van der Waals surface area (Å²) in [6.45, 7) is 2.44. The highest BCUT2D eigenvalue weighted by Gasteiger charge is 1.99. The molecular formula is C9H11ClO2. The second kappa shape index (κ2) is 4.45. The summed E-state index contributed by atoms with van der Waals surface area (Å²) in [4.78, 5) is 9.29. The zero-order chi connectivity index (χ0) is 8.97. The van der Waals surface area contributed by atoms with Crippen molar-refractivity contribution in [3.63, 3.8) is 0 Å². The van der Waals surface area contributed by atoms with E-state index in [-0.39, 0.29) is 0 Å². The standard InChI is InChI=1S/C9H11ClO2/c1-7-3-4-9(10)5-8(7)6-12-11-2/h3-5H,6H2,1-2H3. The number of hydrogen-bond acceptors (Lipinski definition) is 2. The molecule has 0 fully saturated rings. The minimum Gasteiger partial charge on any atom is -0.240 e. The maximum absolute atomic E-state index is 5.80. The van der Waals surface area contributed by atoms with Crippen LogP contribution in [-0.4, -0.2) is 7.11 Å². The summed E-state index contributed by atoms with van der Waals surface area (Å²) in [5.41, 5.74) is 2.20. The fraction of sp³-hybridized carbons (Fsp3) is 0.333. The molecule has 0 bridgehead atoms. The molecule has 2 nitrogen and oxygen atoms in total. The molecular weight excluding hydrogens is 176 g/mol. The van der Waals surface area contributed by atoms with Crippen LogP contribution in [0.1, 0.15) is 11.1 Å². The molecule has 0 saturated carbocycles. The summed E-state index contributed by atoms with van der Waals surface area (Å²) < 4.78 is 0. The topological polar surface area (TPSA) is 18.5 Å². The molecule has 0 aromatic heterocycles. The Morgan fingerprint density at radius 3 is 2.83 bits per heavy atom. The molecule has 0 aliphatic rings. The number of aryl methyl sites for hydroxylation is 1. The molecule has 0 aliphatic carbocycles. The molecule has 12 heavy (non-hydrogen) atoms. The molecule has 1 aromatic carbocycles. The van der Waals surface area contributed by atoms with E-state index in [1.165, 1.54) is 7.11 Å². The molecule has 1 aromatic rings. The maximum atomic E-state index is 5.80. The second-order valence-electron chi connectivity index (χ2n) is 2.50. The van der Waals surface area contributed by atoms with E-state index in [9.17, 15) is 0 Å². The van der Waals surface area contributed by atoms with Crippen molar-refractivity contribution >= 4 is 11.6 Å². The second-order valence-corrected chi connectivity index (χ2v) is 2.94. The Morgan fingerprint density at radius 1 is 1.42 bits per heavy atom. The molecule has 1 rings (SSSR count). The minimum atomic E-state index is 0.433. The van der Waals surface area contributed by atoms with Crippen molar-refractivity contribution in [2.45, 2.75) is 13.5 Å². The lowest BCUT2D eigenvalue weighted by atomic mass is 10.1. The zero-order valence-corrected chi connectivity index (χ0v) is 7.89. The van der Waals surface area contributed by atoms with Crippen LogP contribution in [0, 0.1) is 6.92 Å². The van der Waals surface area contributed by atoms with E-state index in [2.05, 4.69) is 4.89 Å². The molecule has 66 valence electrons. The van der Waals surface area contributed by atoms with Gasteiger partial charge >= 0.3 is 0 Å². The van der Waals surface area contributed by atoms with E-state index in [0.29, 0.717) is 6.61 Å². The fourth-order valence-corrected chi connectivity index (χ4v) is 1.11. The summed E-state index contributed by atoms with van der Waals surface area (Å²) >= 11 is 5.80. The molecule has 0 heterocycles. The van der Waals surface area contributed by atoms with Crippen LogP contribution in [0.4, 0.5) is 0 Å². The Kier molecular flexibility index (Phi) is 3.53. The van der Waals surface area contributed by atoms with Gasteiger partial charge in [0.2, 0.25) is 0 Å². The van der Waals surface area contributed by atoms with Gasteiger partial charge < -0.3 is 0 Å². The van der Waals surface area contributed by atoms with Crippen LogP contribution in [-0.2, 0) is 16.4 Å². The first-order valence-electron chi connectivity index (χ1n) is 3.64. The Balaban J connectivity index is 2.75. The molecule has 3 heteroatoms. The van der Waals surface area contributed by atoms with Gasteiger partial charge in [-0.05, 0) is 30.2 Å². The van der Waals surface area contributed by atoms with Crippen molar-refractivity contribution in [1.29, 1.82) is 0 Å². The van der Waals surface area contributed by atoms with Crippen LogP contribution in [0.3, 0.4) is 0 Å². The van der Waals surface area contributed by atoms with Crippen LogP contribution in [0.5, 0.6) is 0 Å². The first-order chi connectivity index (χ1) is 5.74. The maximum Gasteiger partial charge on any atom is 0.108 e. The Morgan fingerprint density at radius 2 is 2.17 bits per heavy atom. The van der Waals surface area contributed by atoms with Crippen molar-refractivity contribution < 1.29 is 9.78 Å².